The summed E-state index contributed by atoms with van der Waals surface area (Å²) >= 11 is 0. The zero-order valence-corrected chi connectivity index (χ0v) is 11.0. The summed E-state index contributed by atoms with van der Waals surface area (Å²) in [6.45, 7) is 4.70. The van der Waals surface area contributed by atoms with Crippen LogP contribution >= 0.6 is 0 Å². The number of carboxylic acid groups (broad SMARTS) is 1. The van der Waals surface area contributed by atoms with Crippen LogP contribution in [-0.2, 0) is 9.53 Å². The fraction of sp³-hybridized carbons (Fsp3) is 0.923. The Labute approximate surface area is 104 Å². The van der Waals surface area contributed by atoms with Crippen molar-refractivity contribution in [1.82, 2.24) is 5.32 Å². The lowest BCUT2D eigenvalue weighted by molar-refractivity contribution is -0.147. The van der Waals surface area contributed by atoms with Crippen molar-refractivity contribution >= 4 is 5.97 Å². The molecule has 100 valence electrons. The average Bonchev–Trinajstić information content (AvgIpc) is 2.76. The number of carboxylic acids is 1. The highest BCUT2D eigenvalue weighted by molar-refractivity contribution is 5.79. The molecule has 4 nitrogen and oxygen atoms in total. The first-order chi connectivity index (χ1) is 8.14. The van der Waals surface area contributed by atoms with Crippen molar-refractivity contribution in [1.29, 1.82) is 0 Å². The Bertz CT molecular complexity index is 237. The lowest BCUT2D eigenvalue weighted by atomic mass is 9.97. The smallest absolute Gasteiger partial charge is 0.323 e. The van der Waals surface area contributed by atoms with Gasteiger partial charge in [0.1, 0.15) is 11.8 Å². The van der Waals surface area contributed by atoms with Crippen LogP contribution in [0, 0.1) is 0 Å². The van der Waals surface area contributed by atoms with Crippen LogP contribution in [0.25, 0.3) is 0 Å². The second-order valence-electron chi connectivity index (χ2n) is 4.82. The summed E-state index contributed by atoms with van der Waals surface area (Å²) in [6.07, 6.45) is 6.36. The van der Waals surface area contributed by atoms with Crippen LogP contribution in [0.1, 0.15) is 58.8 Å². The molecule has 0 radical (unpaired) electrons. The minimum absolute atomic E-state index is 0.117. The fourth-order valence-corrected chi connectivity index (χ4v) is 2.49. The van der Waals surface area contributed by atoms with Crippen molar-refractivity contribution < 1.29 is 14.6 Å². The van der Waals surface area contributed by atoms with Gasteiger partial charge in [0.05, 0.1) is 0 Å². The van der Waals surface area contributed by atoms with Gasteiger partial charge in [-0.2, -0.15) is 0 Å². The van der Waals surface area contributed by atoms with Gasteiger partial charge in [0.25, 0.3) is 0 Å². The molecule has 0 aromatic carbocycles. The van der Waals surface area contributed by atoms with Crippen LogP contribution in [0.5, 0.6) is 0 Å². The largest absolute Gasteiger partial charge is 0.480 e. The second-order valence-corrected chi connectivity index (χ2v) is 4.82. The number of nitrogens with one attached hydrogen (secondary N) is 1. The quantitative estimate of drug-likeness (QED) is 0.643. The average molecular weight is 243 g/mol. The predicted octanol–water partition coefficient (Wildman–Crippen LogP) is 2.53. The van der Waals surface area contributed by atoms with E-state index in [1.54, 1.807) is 0 Å². The van der Waals surface area contributed by atoms with Gasteiger partial charge in [0, 0.05) is 6.61 Å². The molecule has 0 aromatic rings. The maximum atomic E-state index is 11.4. The molecule has 4 heteroatoms. The first-order valence-corrected chi connectivity index (χ1v) is 6.77. The Hall–Kier alpha value is -0.610. The highest BCUT2D eigenvalue weighted by atomic mass is 16.5. The molecule has 1 unspecified atom stereocenters. The highest BCUT2D eigenvalue weighted by Crippen LogP contribution is 2.31. The van der Waals surface area contributed by atoms with Crippen molar-refractivity contribution in [2.75, 3.05) is 6.61 Å². The van der Waals surface area contributed by atoms with Gasteiger partial charge in [0.15, 0.2) is 0 Å². The van der Waals surface area contributed by atoms with E-state index < -0.39 is 11.5 Å². The Morgan fingerprint density at radius 2 is 2.06 bits per heavy atom. The van der Waals surface area contributed by atoms with Gasteiger partial charge in [0.2, 0.25) is 0 Å². The van der Waals surface area contributed by atoms with Gasteiger partial charge in [-0.1, -0.05) is 26.2 Å². The summed E-state index contributed by atoms with van der Waals surface area (Å²) in [7, 11) is 0. The van der Waals surface area contributed by atoms with E-state index in [0.717, 1.165) is 44.9 Å². The second kappa shape index (κ2) is 6.97. The van der Waals surface area contributed by atoms with Gasteiger partial charge in [-0.25, -0.2) is 0 Å². The molecule has 0 aromatic heterocycles. The Balaban J connectivity index is 2.58. The molecule has 0 bridgehead atoms. The third-order valence-corrected chi connectivity index (χ3v) is 3.49. The molecule has 17 heavy (non-hydrogen) atoms. The van der Waals surface area contributed by atoms with Crippen molar-refractivity contribution in [2.24, 2.45) is 0 Å². The maximum absolute atomic E-state index is 11.4. The third kappa shape index (κ3) is 3.96. The monoisotopic (exact) mass is 243 g/mol. The van der Waals surface area contributed by atoms with Crippen LogP contribution in [0.3, 0.4) is 0 Å². The molecular formula is C13H25NO3. The predicted molar refractivity (Wildman–Crippen MR) is 66.9 cm³/mol. The number of ether oxygens (including phenoxy) is 1. The molecule has 0 amide bonds. The van der Waals surface area contributed by atoms with Gasteiger partial charge in [-0.15, -0.1) is 0 Å². The van der Waals surface area contributed by atoms with Crippen molar-refractivity contribution in [3.8, 4) is 0 Å². The van der Waals surface area contributed by atoms with Crippen LogP contribution in [0.4, 0.5) is 0 Å². The van der Waals surface area contributed by atoms with Crippen molar-refractivity contribution in [3.05, 3.63) is 0 Å². The summed E-state index contributed by atoms with van der Waals surface area (Å²) in [4.78, 5) is 11.4. The molecule has 2 N–H and O–H groups in total. The molecule has 0 spiro atoms. The van der Waals surface area contributed by atoms with Gasteiger partial charge in [-0.3, -0.25) is 10.1 Å². The molecule has 1 aliphatic rings. The minimum Gasteiger partial charge on any atom is -0.480 e. The molecular weight excluding hydrogens is 218 g/mol. The van der Waals surface area contributed by atoms with E-state index in [1.165, 1.54) is 0 Å². The van der Waals surface area contributed by atoms with Gasteiger partial charge >= 0.3 is 5.97 Å². The first-order valence-electron chi connectivity index (χ1n) is 6.77. The number of carbonyl (C=O) groups is 1. The zero-order valence-electron chi connectivity index (χ0n) is 11.0. The van der Waals surface area contributed by atoms with E-state index in [-0.39, 0.29) is 6.23 Å². The summed E-state index contributed by atoms with van der Waals surface area (Å²) in [5.41, 5.74) is -0.742. The third-order valence-electron chi connectivity index (χ3n) is 3.49. The number of hydrogen-bond acceptors (Lipinski definition) is 3. The topological polar surface area (TPSA) is 58.6 Å². The van der Waals surface area contributed by atoms with Crippen LogP contribution in [-0.4, -0.2) is 29.4 Å². The summed E-state index contributed by atoms with van der Waals surface area (Å²) < 4.78 is 5.61. The van der Waals surface area contributed by atoms with E-state index >= 15 is 0 Å². The van der Waals surface area contributed by atoms with Crippen molar-refractivity contribution in [2.45, 2.75) is 70.6 Å². The van der Waals surface area contributed by atoms with Crippen LogP contribution < -0.4 is 5.32 Å². The molecule has 0 aliphatic heterocycles. The summed E-state index contributed by atoms with van der Waals surface area (Å²) in [5, 5.41) is 12.6. The minimum atomic E-state index is -0.742. The maximum Gasteiger partial charge on any atom is 0.323 e. The molecule has 0 saturated heterocycles. The normalized spacial score (nSPS) is 20.4. The Morgan fingerprint density at radius 1 is 1.41 bits per heavy atom. The number of rotatable bonds is 8. The number of unbranched alkanes of at least 4 members (excludes halogenated alkanes) is 1. The van der Waals surface area contributed by atoms with Gasteiger partial charge in [-0.05, 0) is 32.6 Å². The molecule has 1 rings (SSSR count). The Morgan fingerprint density at radius 3 is 2.53 bits per heavy atom. The van der Waals surface area contributed by atoms with E-state index in [4.69, 9.17) is 4.74 Å². The standard InChI is InChI=1S/C13H25NO3/c1-3-5-8-11(17-4-2)14-13(12(15)16)9-6-7-10-13/h11,14H,3-10H2,1-2H3,(H,15,16). The fourth-order valence-electron chi connectivity index (χ4n) is 2.49. The van der Waals surface area contributed by atoms with Crippen LogP contribution in [0.15, 0.2) is 0 Å². The zero-order chi connectivity index (χ0) is 12.7. The summed E-state index contributed by atoms with van der Waals surface area (Å²) in [6, 6.07) is 0. The van der Waals surface area contributed by atoms with E-state index in [1.807, 2.05) is 6.92 Å². The molecule has 1 fully saturated rings. The molecule has 0 heterocycles. The summed E-state index contributed by atoms with van der Waals surface area (Å²) in [5.74, 6) is -0.726. The molecule has 1 aliphatic carbocycles. The van der Waals surface area contributed by atoms with Crippen molar-refractivity contribution in [3.63, 3.8) is 0 Å². The highest BCUT2D eigenvalue weighted by Gasteiger charge is 2.42. The lowest BCUT2D eigenvalue weighted by Crippen LogP contribution is -2.54. The first kappa shape index (κ1) is 14.5. The lowest BCUT2D eigenvalue weighted by Gasteiger charge is -2.31. The number of hydrogen-bond donors (Lipinski definition) is 2. The van der Waals surface area contributed by atoms with E-state index in [9.17, 15) is 9.90 Å². The molecule has 1 saturated carbocycles. The molecule has 1 atom stereocenters. The van der Waals surface area contributed by atoms with E-state index in [0.29, 0.717) is 6.61 Å². The van der Waals surface area contributed by atoms with Crippen LogP contribution in [0.2, 0.25) is 0 Å². The van der Waals surface area contributed by atoms with E-state index in [2.05, 4.69) is 12.2 Å². The Kier molecular flexibility index (Phi) is 5.92. The SMILES string of the molecule is CCCCC(NC1(C(=O)O)CCCC1)OCC. The number of aliphatic carboxylic acids is 1. The van der Waals surface area contributed by atoms with Gasteiger partial charge < -0.3 is 9.84 Å².